The Morgan fingerprint density at radius 2 is 1.96 bits per heavy atom. The fourth-order valence-electron chi connectivity index (χ4n) is 3.67. The van der Waals surface area contributed by atoms with Crippen LogP contribution < -0.4 is 0 Å². The van der Waals surface area contributed by atoms with Gasteiger partial charge in [-0.2, -0.15) is 4.98 Å². The summed E-state index contributed by atoms with van der Waals surface area (Å²) in [5, 5.41) is 4.74. The lowest BCUT2D eigenvalue weighted by molar-refractivity contribution is -0.141. The Bertz CT molecular complexity index is 774. The van der Waals surface area contributed by atoms with Gasteiger partial charge in [-0.3, -0.25) is 9.69 Å². The van der Waals surface area contributed by atoms with Crippen LogP contribution in [0.3, 0.4) is 0 Å². The Labute approximate surface area is 163 Å². The topological polar surface area (TPSA) is 71.7 Å². The third kappa shape index (κ3) is 4.48. The summed E-state index contributed by atoms with van der Waals surface area (Å²) in [5.74, 6) is 1.41. The van der Waals surface area contributed by atoms with Crippen LogP contribution in [0.15, 0.2) is 28.8 Å². The first-order valence-corrected chi connectivity index (χ1v) is 9.74. The molecule has 2 aliphatic rings. The summed E-state index contributed by atoms with van der Waals surface area (Å²) in [6.07, 6.45) is 1.94. The molecule has 2 aromatic rings. The summed E-state index contributed by atoms with van der Waals surface area (Å²) in [4.78, 5) is 21.4. The van der Waals surface area contributed by atoms with Crippen molar-refractivity contribution in [1.82, 2.24) is 19.9 Å². The SMILES string of the molecule is O=C(C1CCCN(Cc2nc(-c3ccc(Cl)cc3)no2)C1)N1CCOCC1. The predicted molar refractivity (Wildman–Crippen MR) is 100 cm³/mol. The number of rotatable bonds is 4. The van der Waals surface area contributed by atoms with Crippen LogP contribution in [0.5, 0.6) is 0 Å². The largest absolute Gasteiger partial charge is 0.378 e. The van der Waals surface area contributed by atoms with Gasteiger partial charge in [-0.1, -0.05) is 16.8 Å². The minimum Gasteiger partial charge on any atom is -0.378 e. The van der Waals surface area contributed by atoms with Crippen molar-refractivity contribution in [1.29, 1.82) is 0 Å². The summed E-state index contributed by atoms with van der Waals surface area (Å²) >= 11 is 5.92. The Kier molecular flexibility index (Phi) is 5.71. The minimum absolute atomic E-state index is 0.0375. The van der Waals surface area contributed by atoms with Gasteiger partial charge in [0.05, 0.1) is 25.7 Å². The monoisotopic (exact) mass is 390 g/mol. The van der Waals surface area contributed by atoms with E-state index < -0.39 is 0 Å². The number of benzene rings is 1. The standard InChI is InChI=1S/C19H23ClN4O3/c20-16-5-3-14(4-6-16)18-21-17(27-22-18)13-23-7-1-2-15(12-23)19(25)24-8-10-26-11-9-24/h3-6,15H,1-2,7-13H2. The van der Waals surface area contributed by atoms with Gasteiger partial charge in [0.15, 0.2) is 0 Å². The molecule has 0 aliphatic carbocycles. The number of morpholine rings is 1. The molecule has 1 aromatic heterocycles. The highest BCUT2D eigenvalue weighted by molar-refractivity contribution is 6.30. The van der Waals surface area contributed by atoms with E-state index in [0.29, 0.717) is 49.6 Å². The number of nitrogens with zero attached hydrogens (tertiary/aromatic N) is 4. The molecule has 2 aliphatic heterocycles. The van der Waals surface area contributed by atoms with Gasteiger partial charge < -0.3 is 14.2 Å². The molecule has 144 valence electrons. The second-order valence-electron chi connectivity index (χ2n) is 7.03. The van der Waals surface area contributed by atoms with Crippen LogP contribution in [0, 0.1) is 5.92 Å². The Morgan fingerprint density at radius 1 is 1.19 bits per heavy atom. The highest BCUT2D eigenvalue weighted by atomic mass is 35.5. The van der Waals surface area contributed by atoms with Crippen LogP contribution >= 0.6 is 11.6 Å². The van der Waals surface area contributed by atoms with Gasteiger partial charge in [0.25, 0.3) is 0 Å². The molecule has 0 bridgehead atoms. The average Bonchev–Trinajstić information content (AvgIpc) is 3.17. The lowest BCUT2D eigenvalue weighted by Crippen LogP contribution is -2.48. The van der Waals surface area contributed by atoms with E-state index in [1.807, 2.05) is 17.0 Å². The fraction of sp³-hybridized carbons (Fsp3) is 0.526. The van der Waals surface area contributed by atoms with Crippen LogP contribution in [0.4, 0.5) is 0 Å². The second-order valence-corrected chi connectivity index (χ2v) is 7.47. The van der Waals surface area contributed by atoms with Crippen LogP contribution in [0.1, 0.15) is 18.7 Å². The van der Waals surface area contributed by atoms with Crippen LogP contribution in [-0.4, -0.2) is 65.2 Å². The smallest absolute Gasteiger partial charge is 0.241 e. The molecule has 27 heavy (non-hydrogen) atoms. The predicted octanol–water partition coefficient (Wildman–Crippen LogP) is 2.46. The third-order valence-corrected chi connectivity index (χ3v) is 5.36. The minimum atomic E-state index is 0.0375. The molecule has 2 saturated heterocycles. The van der Waals surface area contributed by atoms with Crippen molar-refractivity contribution < 1.29 is 14.1 Å². The van der Waals surface area contributed by atoms with E-state index in [0.717, 1.165) is 31.5 Å². The maximum absolute atomic E-state index is 12.7. The number of carbonyl (C=O) groups excluding carboxylic acids is 1. The number of aromatic nitrogens is 2. The lowest BCUT2D eigenvalue weighted by Gasteiger charge is -2.35. The number of carbonyl (C=O) groups is 1. The molecule has 4 rings (SSSR count). The van der Waals surface area contributed by atoms with Crippen molar-refractivity contribution in [2.24, 2.45) is 5.92 Å². The van der Waals surface area contributed by atoms with Crippen molar-refractivity contribution in [3.8, 4) is 11.4 Å². The van der Waals surface area contributed by atoms with E-state index in [1.165, 1.54) is 0 Å². The fourth-order valence-corrected chi connectivity index (χ4v) is 3.80. The number of piperidine rings is 1. The van der Waals surface area contributed by atoms with Gasteiger partial charge in [-0.25, -0.2) is 0 Å². The maximum Gasteiger partial charge on any atom is 0.241 e. The molecule has 0 saturated carbocycles. The zero-order chi connectivity index (χ0) is 18.6. The first-order chi connectivity index (χ1) is 13.2. The number of likely N-dealkylation sites (tertiary alicyclic amines) is 1. The molecule has 1 atom stereocenters. The lowest BCUT2D eigenvalue weighted by atomic mass is 9.96. The molecule has 2 fully saturated rings. The van der Waals surface area contributed by atoms with E-state index >= 15 is 0 Å². The summed E-state index contributed by atoms with van der Waals surface area (Å²) < 4.78 is 10.8. The molecule has 7 nitrogen and oxygen atoms in total. The summed E-state index contributed by atoms with van der Waals surface area (Å²) in [7, 11) is 0. The number of amides is 1. The van der Waals surface area contributed by atoms with E-state index in [4.69, 9.17) is 20.9 Å². The van der Waals surface area contributed by atoms with Gasteiger partial charge >= 0.3 is 0 Å². The molecule has 0 N–H and O–H groups in total. The van der Waals surface area contributed by atoms with E-state index in [-0.39, 0.29) is 11.8 Å². The second kappa shape index (κ2) is 8.37. The molecular formula is C19H23ClN4O3. The number of hydrogen-bond donors (Lipinski definition) is 0. The van der Waals surface area contributed by atoms with Crippen molar-refractivity contribution in [2.45, 2.75) is 19.4 Å². The Balaban J connectivity index is 1.36. The number of ether oxygens (including phenoxy) is 1. The Hall–Kier alpha value is -1.96. The molecule has 1 amide bonds. The molecule has 8 heteroatoms. The van der Waals surface area contributed by atoms with Crippen LogP contribution in [-0.2, 0) is 16.1 Å². The average molecular weight is 391 g/mol. The van der Waals surface area contributed by atoms with Crippen molar-refractivity contribution in [2.75, 3.05) is 39.4 Å². The normalized spacial score (nSPS) is 21.4. The zero-order valence-corrected chi connectivity index (χ0v) is 15.9. The molecule has 1 aromatic carbocycles. The maximum atomic E-state index is 12.7. The van der Waals surface area contributed by atoms with E-state index in [9.17, 15) is 4.79 Å². The zero-order valence-electron chi connectivity index (χ0n) is 15.1. The first-order valence-electron chi connectivity index (χ1n) is 9.36. The molecule has 3 heterocycles. The van der Waals surface area contributed by atoms with Crippen LogP contribution in [0.25, 0.3) is 11.4 Å². The van der Waals surface area contributed by atoms with Gasteiger partial charge in [0.1, 0.15) is 0 Å². The van der Waals surface area contributed by atoms with Crippen LogP contribution in [0.2, 0.25) is 5.02 Å². The van der Waals surface area contributed by atoms with E-state index in [1.54, 1.807) is 12.1 Å². The first kappa shape index (κ1) is 18.4. The molecule has 1 unspecified atom stereocenters. The van der Waals surface area contributed by atoms with Gasteiger partial charge in [0, 0.05) is 30.2 Å². The third-order valence-electron chi connectivity index (χ3n) is 5.11. The van der Waals surface area contributed by atoms with Gasteiger partial charge in [-0.05, 0) is 43.7 Å². The molecular weight excluding hydrogens is 368 g/mol. The number of hydrogen-bond acceptors (Lipinski definition) is 6. The Morgan fingerprint density at radius 3 is 2.74 bits per heavy atom. The summed E-state index contributed by atoms with van der Waals surface area (Å²) in [6.45, 7) is 4.90. The molecule has 0 spiro atoms. The summed E-state index contributed by atoms with van der Waals surface area (Å²) in [5.41, 5.74) is 0.869. The van der Waals surface area contributed by atoms with Crippen molar-refractivity contribution in [3.05, 3.63) is 35.2 Å². The van der Waals surface area contributed by atoms with E-state index in [2.05, 4.69) is 15.0 Å². The van der Waals surface area contributed by atoms with Gasteiger partial charge in [0.2, 0.25) is 17.6 Å². The van der Waals surface area contributed by atoms with Crippen molar-refractivity contribution in [3.63, 3.8) is 0 Å². The molecule has 0 radical (unpaired) electrons. The van der Waals surface area contributed by atoms with Crippen molar-refractivity contribution >= 4 is 17.5 Å². The van der Waals surface area contributed by atoms with Gasteiger partial charge in [-0.15, -0.1) is 0 Å². The highest BCUT2D eigenvalue weighted by Gasteiger charge is 2.30. The number of halogens is 1. The highest BCUT2D eigenvalue weighted by Crippen LogP contribution is 2.22. The quantitative estimate of drug-likeness (QED) is 0.798. The summed E-state index contributed by atoms with van der Waals surface area (Å²) in [6, 6.07) is 7.35.